The number of likely N-dealkylation sites (N-methyl/N-ethyl adjacent to an activating group) is 1. The van der Waals surface area contributed by atoms with Crippen LogP contribution < -0.4 is 0 Å². The van der Waals surface area contributed by atoms with Gasteiger partial charge in [-0.05, 0) is 45.4 Å². The first-order valence-corrected chi connectivity index (χ1v) is 9.70. The maximum atomic E-state index is 13.1. The first kappa shape index (κ1) is 20.0. The number of amides is 1. The van der Waals surface area contributed by atoms with Crippen LogP contribution in [0.5, 0.6) is 0 Å². The van der Waals surface area contributed by atoms with Crippen LogP contribution in [0.1, 0.15) is 35.3 Å². The Kier molecular flexibility index (Phi) is 6.41. The van der Waals surface area contributed by atoms with Crippen molar-refractivity contribution in [1.29, 1.82) is 0 Å². The van der Waals surface area contributed by atoms with Crippen LogP contribution in [0.4, 0.5) is 0 Å². The van der Waals surface area contributed by atoms with E-state index in [1.807, 2.05) is 66.2 Å². The van der Waals surface area contributed by atoms with Gasteiger partial charge < -0.3 is 10.0 Å². The van der Waals surface area contributed by atoms with E-state index in [1.165, 1.54) is 0 Å². The summed E-state index contributed by atoms with van der Waals surface area (Å²) in [4.78, 5) is 32.4. The van der Waals surface area contributed by atoms with Crippen LogP contribution in [0.2, 0.25) is 0 Å². The van der Waals surface area contributed by atoms with Crippen molar-refractivity contribution in [3.63, 3.8) is 0 Å². The molecule has 1 atom stereocenters. The maximum Gasteiger partial charge on any atom is 0.317 e. The number of aliphatic carboxylic acids is 1. The van der Waals surface area contributed by atoms with Crippen molar-refractivity contribution >= 4 is 11.9 Å². The second kappa shape index (κ2) is 8.97. The monoisotopic (exact) mass is 381 g/mol. The van der Waals surface area contributed by atoms with Crippen molar-refractivity contribution < 1.29 is 14.7 Å². The van der Waals surface area contributed by atoms with Gasteiger partial charge in [0.05, 0.1) is 23.5 Å². The maximum absolute atomic E-state index is 13.1. The summed E-state index contributed by atoms with van der Waals surface area (Å²) in [6, 6.07) is 13.9. The van der Waals surface area contributed by atoms with Gasteiger partial charge in [0, 0.05) is 24.7 Å². The van der Waals surface area contributed by atoms with Gasteiger partial charge in [0.1, 0.15) is 0 Å². The average Bonchev–Trinajstić information content (AvgIpc) is 2.94. The molecule has 0 aliphatic carbocycles. The third-order valence-electron chi connectivity index (χ3n) is 5.38. The number of aryl methyl sites for hydroxylation is 1. The molecule has 2 aromatic rings. The average molecular weight is 381 g/mol. The number of aromatic nitrogens is 1. The Morgan fingerprint density at radius 3 is 2.57 bits per heavy atom. The lowest BCUT2D eigenvalue weighted by molar-refractivity contribution is -0.138. The molecular weight excluding hydrogens is 354 g/mol. The zero-order valence-corrected chi connectivity index (χ0v) is 16.5. The lowest BCUT2D eigenvalue weighted by Crippen LogP contribution is -2.37. The minimum absolute atomic E-state index is 0.00569. The molecule has 0 bridgehead atoms. The largest absolute Gasteiger partial charge is 0.480 e. The number of hydrogen-bond acceptors (Lipinski definition) is 4. The second-order valence-electron chi connectivity index (χ2n) is 7.38. The molecule has 2 heterocycles. The molecule has 0 saturated carbocycles. The highest BCUT2D eigenvalue weighted by Gasteiger charge is 2.25. The number of likely N-dealkylation sites (tertiary alicyclic amines) is 1. The third-order valence-corrected chi connectivity index (χ3v) is 5.38. The van der Waals surface area contributed by atoms with Crippen molar-refractivity contribution in [2.24, 2.45) is 0 Å². The highest BCUT2D eigenvalue weighted by molar-refractivity contribution is 5.95. The number of carbonyl (C=O) groups is 2. The Balaban J connectivity index is 1.69. The van der Waals surface area contributed by atoms with E-state index in [0.717, 1.165) is 36.2 Å². The van der Waals surface area contributed by atoms with E-state index >= 15 is 0 Å². The summed E-state index contributed by atoms with van der Waals surface area (Å²) in [5.74, 6) is -0.814. The summed E-state index contributed by atoms with van der Waals surface area (Å²) in [7, 11) is 1.84. The Bertz CT molecular complexity index is 838. The van der Waals surface area contributed by atoms with Gasteiger partial charge in [0.15, 0.2) is 0 Å². The van der Waals surface area contributed by atoms with Gasteiger partial charge in [-0.3, -0.25) is 19.5 Å². The molecule has 148 valence electrons. The molecule has 6 nitrogen and oxygen atoms in total. The molecule has 1 saturated heterocycles. The van der Waals surface area contributed by atoms with Gasteiger partial charge in [0.25, 0.3) is 5.91 Å². The zero-order chi connectivity index (χ0) is 20.1. The van der Waals surface area contributed by atoms with Crippen molar-refractivity contribution in [3.8, 4) is 11.3 Å². The first-order valence-electron chi connectivity index (χ1n) is 9.70. The molecule has 1 aromatic heterocycles. The van der Waals surface area contributed by atoms with Crippen molar-refractivity contribution in [1.82, 2.24) is 14.8 Å². The summed E-state index contributed by atoms with van der Waals surface area (Å²) in [5, 5.41) is 9.00. The van der Waals surface area contributed by atoms with Crippen LogP contribution in [-0.2, 0) is 4.79 Å². The second-order valence-corrected chi connectivity index (χ2v) is 7.38. The number of carboxylic acid groups (broad SMARTS) is 1. The van der Waals surface area contributed by atoms with Gasteiger partial charge in [0.2, 0.25) is 0 Å². The van der Waals surface area contributed by atoms with Crippen LogP contribution in [0.3, 0.4) is 0 Å². The number of carboxylic acids is 1. The molecule has 1 aliphatic rings. The van der Waals surface area contributed by atoms with E-state index in [1.54, 1.807) is 0 Å². The van der Waals surface area contributed by atoms with Crippen LogP contribution in [-0.4, -0.2) is 64.5 Å². The van der Waals surface area contributed by atoms with Gasteiger partial charge in [-0.1, -0.05) is 30.3 Å². The van der Waals surface area contributed by atoms with Gasteiger partial charge in [-0.25, -0.2) is 0 Å². The topological polar surface area (TPSA) is 73.7 Å². The number of benzene rings is 1. The molecular formula is C22H27N3O3. The van der Waals surface area contributed by atoms with E-state index in [2.05, 4.69) is 4.98 Å². The molecule has 0 radical (unpaired) electrons. The van der Waals surface area contributed by atoms with Crippen molar-refractivity contribution in [2.75, 3.05) is 26.7 Å². The predicted molar refractivity (Wildman–Crippen MR) is 108 cm³/mol. The van der Waals surface area contributed by atoms with Crippen molar-refractivity contribution in [3.05, 3.63) is 53.7 Å². The molecule has 1 aliphatic heterocycles. The SMILES string of the molecule is Cc1nc(-c2ccccc2)ccc1C(=O)N1CCCC(N(C)CC(=O)O)CC1. The highest BCUT2D eigenvalue weighted by Crippen LogP contribution is 2.21. The molecule has 3 rings (SSSR count). The molecule has 1 unspecified atom stereocenters. The predicted octanol–water partition coefficient (Wildman–Crippen LogP) is 3.07. The van der Waals surface area contributed by atoms with Crippen LogP contribution in [0.25, 0.3) is 11.3 Å². The smallest absolute Gasteiger partial charge is 0.317 e. The fourth-order valence-corrected chi connectivity index (χ4v) is 3.79. The molecule has 1 N–H and O–H groups in total. The summed E-state index contributed by atoms with van der Waals surface area (Å²) in [6.07, 6.45) is 2.55. The van der Waals surface area contributed by atoms with Gasteiger partial charge in [-0.15, -0.1) is 0 Å². The van der Waals surface area contributed by atoms with E-state index in [0.29, 0.717) is 18.7 Å². The lowest BCUT2D eigenvalue weighted by Gasteiger charge is -2.25. The molecule has 28 heavy (non-hydrogen) atoms. The molecule has 1 amide bonds. The quantitative estimate of drug-likeness (QED) is 0.862. The molecule has 0 spiro atoms. The fourth-order valence-electron chi connectivity index (χ4n) is 3.79. The lowest BCUT2D eigenvalue weighted by atomic mass is 10.1. The minimum Gasteiger partial charge on any atom is -0.480 e. The molecule has 1 fully saturated rings. The zero-order valence-electron chi connectivity index (χ0n) is 16.5. The Labute approximate surface area is 165 Å². The van der Waals surface area contributed by atoms with Crippen molar-refractivity contribution in [2.45, 2.75) is 32.2 Å². The number of hydrogen-bond donors (Lipinski definition) is 1. The van der Waals surface area contributed by atoms with E-state index in [4.69, 9.17) is 5.11 Å². The van der Waals surface area contributed by atoms with Gasteiger partial charge in [-0.2, -0.15) is 0 Å². The normalized spacial score (nSPS) is 17.4. The number of pyridine rings is 1. The number of carbonyl (C=O) groups excluding carboxylic acids is 1. The summed E-state index contributed by atoms with van der Waals surface area (Å²) in [6.45, 7) is 3.23. The van der Waals surface area contributed by atoms with Gasteiger partial charge >= 0.3 is 5.97 Å². The Hall–Kier alpha value is -2.73. The summed E-state index contributed by atoms with van der Waals surface area (Å²) >= 11 is 0. The highest BCUT2D eigenvalue weighted by atomic mass is 16.4. The van der Waals surface area contributed by atoms with E-state index < -0.39 is 5.97 Å². The first-order chi connectivity index (χ1) is 13.5. The summed E-state index contributed by atoms with van der Waals surface area (Å²) < 4.78 is 0. The molecule has 6 heteroatoms. The number of nitrogens with zero attached hydrogens (tertiary/aromatic N) is 3. The van der Waals surface area contributed by atoms with Crippen LogP contribution >= 0.6 is 0 Å². The standard InChI is InChI=1S/C22H27N3O3/c1-16-19(10-11-20(23-16)17-7-4-3-5-8-17)22(28)25-13-6-9-18(12-14-25)24(2)15-21(26)27/h3-5,7-8,10-11,18H,6,9,12-15H2,1-2H3,(H,26,27). The fraction of sp³-hybridized carbons (Fsp3) is 0.409. The van der Waals surface area contributed by atoms with E-state index in [-0.39, 0.29) is 18.5 Å². The Morgan fingerprint density at radius 1 is 1.14 bits per heavy atom. The number of rotatable bonds is 5. The van der Waals surface area contributed by atoms with E-state index in [9.17, 15) is 9.59 Å². The minimum atomic E-state index is -0.820. The summed E-state index contributed by atoms with van der Waals surface area (Å²) in [5.41, 5.74) is 3.26. The third kappa shape index (κ3) is 4.75. The van der Waals surface area contributed by atoms with Crippen LogP contribution in [0.15, 0.2) is 42.5 Å². The Morgan fingerprint density at radius 2 is 1.89 bits per heavy atom. The van der Waals surface area contributed by atoms with Crippen LogP contribution in [0, 0.1) is 6.92 Å². The molecule has 1 aromatic carbocycles.